The second-order valence-electron chi connectivity index (χ2n) is 5.76. The molecule has 1 amide bonds. The molecule has 0 aliphatic carbocycles. The van der Waals surface area contributed by atoms with E-state index in [4.69, 9.17) is 4.74 Å². The third-order valence-electron chi connectivity index (χ3n) is 4.18. The molecule has 1 unspecified atom stereocenters. The second kappa shape index (κ2) is 7.44. The molecular formula is C19H20FN3O2. The van der Waals surface area contributed by atoms with Crippen molar-refractivity contribution in [2.75, 3.05) is 13.7 Å². The van der Waals surface area contributed by atoms with Crippen molar-refractivity contribution in [2.24, 2.45) is 7.05 Å². The van der Waals surface area contributed by atoms with Gasteiger partial charge in [-0.05, 0) is 17.7 Å². The lowest BCUT2D eigenvalue weighted by molar-refractivity contribution is -0.131. The molecule has 0 bridgehead atoms. The molecule has 6 heteroatoms. The summed E-state index contributed by atoms with van der Waals surface area (Å²) in [5.41, 5.74) is 1.89. The van der Waals surface area contributed by atoms with Crippen molar-refractivity contribution in [3.63, 3.8) is 0 Å². The number of halogens is 1. The van der Waals surface area contributed by atoms with E-state index in [-0.39, 0.29) is 11.7 Å². The fourth-order valence-corrected chi connectivity index (χ4v) is 2.86. The van der Waals surface area contributed by atoms with E-state index < -0.39 is 6.10 Å². The highest BCUT2D eigenvalue weighted by Crippen LogP contribution is 2.18. The van der Waals surface area contributed by atoms with Crippen molar-refractivity contribution < 1.29 is 13.9 Å². The molecule has 25 heavy (non-hydrogen) atoms. The van der Waals surface area contributed by atoms with E-state index in [9.17, 15) is 9.18 Å². The minimum Gasteiger partial charge on any atom is -0.367 e. The van der Waals surface area contributed by atoms with Gasteiger partial charge in [0.05, 0.1) is 5.52 Å². The molecular weight excluding hydrogens is 321 g/mol. The van der Waals surface area contributed by atoms with Gasteiger partial charge < -0.3 is 14.6 Å². The number of carbonyl (C=O) groups is 1. The SMILES string of the molecule is COC(C(=O)NCCc1nc2c(F)cccc2n1C)c1ccccc1. The highest BCUT2D eigenvalue weighted by molar-refractivity contribution is 5.82. The third-order valence-corrected chi connectivity index (χ3v) is 4.18. The van der Waals surface area contributed by atoms with Crippen LogP contribution in [0.25, 0.3) is 11.0 Å². The van der Waals surface area contributed by atoms with Crippen LogP contribution in [0.4, 0.5) is 4.39 Å². The van der Waals surface area contributed by atoms with Crippen LogP contribution in [0.15, 0.2) is 48.5 Å². The summed E-state index contributed by atoms with van der Waals surface area (Å²) in [5.74, 6) is 0.166. The Hall–Kier alpha value is -2.73. The van der Waals surface area contributed by atoms with Crippen molar-refractivity contribution in [3.05, 3.63) is 65.7 Å². The molecule has 0 fully saturated rings. The third kappa shape index (κ3) is 3.53. The molecule has 0 saturated heterocycles. The van der Waals surface area contributed by atoms with Gasteiger partial charge in [-0.3, -0.25) is 4.79 Å². The molecule has 0 radical (unpaired) electrons. The monoisotopic (exact) mass is 341 g/mol. The van der Waals surface area contributed by atoms with Gasteiger partial charge in [0.25, 0.3) is 5.91 Å². The maximum absolute atomic E-state index is 13.8. The zero-order valence-electron chi connectivity index (χ0n) is 14.2. The largest absolute Gasteiger partial charge is 0.367 e. The maximum atomic E-state index is 13.8. The first-order chi connectivity index (χ1) is 12.1. The van der Waals surface area contributed by atoms with Gasteiger partial charge in [-0.25, -0.2) is 9.37 Å². The maximum Gasteiger partial charge on any atom is 0.253 e. The number of carbonyl (C=O) groups excluding carboxylic acids is 1. The number of amides is 1. The number of hydrogen-bond acceptors (Lipinski definition) is 3. The average molecular weight is 341 g/mol. The Balaban J connectivity index is 1.65. The normalized spacial score (nSPS) is 12.3. The van der Waals surface area contributed by atoms with Gasteiger partial charge in [-0.1, -0.05) is 36.4 Å². The second-order valence-corrected chi connectivity index (χ2v) is 5.76. The van der Waals surface area contributed by atoms with Gasteiger partial charge in [0.1, 0.15) is 11.3 Å². The van der Waals surface area contributed by atoms with Crippen LogP contribution in [0.3, 0.4) is 0 Å². The topological polar surface area (TPSA) is 56.1 Å². The van der Waals surface area contributed by atoms with E-state index in [1.54, 1.807) is 6.07 Å². The quantitative estimate of drug-likeness (QED) is 0.750. The number of benzene rings is 2. The molecule has 1 aromatic heterocycles. The first kappa shape index (κ1) is 17.1. The van der Waals surface area contributed by atoms with Crippen LogP contribution in [-0.2, 0) is 23.0 Å². The lowest BCUT2D eigenvalue weighted by Gasteiger charge is -2.15. The van der Waals surface area contributed by atoms with E-state index in [2.05, 4.69) is 10.3 Å². The number of fused-ring (bicyclic) bond motifs is 1. The van der Waals surface area contributed by atoms with Crippen LogP contribution in [-0.4, -0.2) is 29.1 Å². The Morgan fingerprint density at radius 3 is 2.68 bits per heavy atom. The highest BCUT2D eigenvalue weighted by atomic mass is 19.1. The van der Waals surface area contributed by atoms with Gasteiger partial charge in [-0.15, -0.1) is 0 Å². The van der Waals surface area contributed by atoms with Gasteiger partial charge in [-0.2, -0.15) is 0 Å². The molecule has 1 heterocycles. The van der Waals surface area contributed by atoms with Gasteiger partial charge in [0.2, 0.25) is 0 Å². The lowest BCUT2D eigenvalue weighted by Crippen LogP contribution is -2.32. The Bertz CT molecular complexity index is 877. The standard InChI is InChI=1S/C19H20FN3O2/c1-23-15-10-6-9-14(20)17(15)22-16(23)11-12-21-19(24)18(25-2)13-7-4-3-5-8-13/h3-10,18H,11-12H2,1-2H3,(H,21,24). The molecule has 1 atom stereocenters. The summed E-state index contributed by atoms with van der Waals surface area (Å²) in [6, 6.07) is 14.2. The van der Waals surface area contributed by atoms with Crippen LogP contribution >= 0.6 is 0 Å². The van der Waals surface area contributed by atoms with Gasteiger partial charge in [0.15, 0.2) is 11.9 Å². The smallest absolute Gasteiger partial charge is 0.253 e. The fraction of sp³-hybridized carbons (Fsp3) is 0.263. The van der Waals surface area contributed by atoms with Crippen molar-refractivity contribution in [3.8, 4) is 0 Å². The van der Waals surface area contributed by atoms with Crippen molar-refractivity contribution in [1.29, 1.82) is 0 Å². The molecule has 5 nitrogen and oxygen atoms in total. The first-order valence-electron chi connectivity index (χ1n) is 8.07. The molecule has 0 saturated carbocycles. The fourth-order valence-electron chi connectivity index (χ4n) is 2.86. The molecule has 0 aliphatic rings. The van der Waals surface area contributed by atoms with E-state index in [0.717, 1.165) is 11.1 Å². The molecule has 0 aliphatic heterocycles. The zero-order chi connectivity index (χ0) is 17.8. The minimum absolute atomic E-state index is 0.210. The summed E-state index contributed by atoms with van der Waals surface area (Å²) in [5, 5.41) is 2.86. The molecule has 0 spiro atoms. The zero-order valence-corrected chi connectivity index (χ0v) is 14.2. The number of nitrogens with zero attached hydrogens (tertiary/aromatic N) is 2. The number of rotatable bonds is 6. The van der Waals surface area contributed by atoms with Crippen LogP contribution in [0.2, 0.25) is 0 Å². The first-order valence-corrected chi connectivity index (χ1v) is 8.07. The Kier molecular flexibility index (Phi) is 5.09. The number of ether oxygens (including phenoxy) is 1. The summed E-state index contributed by atoms with van der Waals surface area (Å²) < 4.78 is 21.0. The number of aryl methyl sites for hydroxylation is 1. The van der Waals surface area contributed by atoms with Crippen LogP contribution in [0.5, 0.6) is 0 Å². The van der Waals surface area contributed by atoms with Crippen molar-refractivity contribution >= 4 is 16.9 Å². The molecule has 130 valence electrons. The molecule has 2 aromatic carbocycles. The minimum atomic E-state index is -0.654. The number of imidazole rings is 1. The number of para-hydroxylation sites is 1. The number of hydrogen-bond donors (Lipinski definition) is 1. The molecule has 3 rings (SSSR count). The molecule has 1 N–H and O–H groups in total. The predicted octanol–water partition coefficient (Wildman–Crippen LogP) is 2.76. The average Bonchev–Trinajstić information content (AvgIpc) is 2.94. The summed E-state index contributed by atoms with van der Waals surface area (Å²) in [4.78, 5) is 16.7. The van der Waals surface area contributed by atoms with Crippen molar-refractivity contribution in [2.45, 2.75) is 12.5 Å². The Morgan fingerprint density at radius 1 is 1.24 bits per heavy atom. The predicted molar refractivity (Wildman–Crippen MR) is 93.6 cm³/mol. The van der Waals surface area contributed by atoms with E-state index in [0.29, 0.717) is 24.3 Å². The van der Waals surface area contributed by atoms with E-state index >= 15 is 0 Å². The summed E-state index contributed by atoms with van der Waals surface area (Å²) in [7, 11) is 3.35. The van der Waals surface area contributed by atoms with Crippen LogP contribution in [0, 0.1) is 5.82 Å². The van der Waals surface area contributed by atoms with E-state index in [1.807, 2.05) is 48.0 Å². The van der Waals surface area contributed by atoms with Gasteiger partial charge in [0, 0.05) is 27.1 Å². The molecule has 3 aromatic rings. The van der Waals surface area contributed by atoms with Gasteiger partial charge >= 0.3 is 0 Å². The Morgan fingerprint density at radius 2 is 2.00 bits per heavy atom. The summed E-state index contributed by atoms with van der Waals surface area (Å²) in [6.45, 7) is 0.393. The Labute approximate surface area is 145 Å². The number of aromatic nitrogens is 2. The summed E-state index contributed by atoms with van der Waals surface area (Å²) >= 11 is 0. The summed E-state index contributed by atoms with van der Waals surface area (Å²) in [6.07, 6.45) is -0.152. The highest BCUT2D eigenvalue weighted by Gasteiger charge is 2.19. The van der Waals surface area contributed by atoms with Crippen LogP contribution in [0.1, 0.15) is 17.5 Å². The van der Waals surface area contributed by atoms with Crippen LogP contribution < -0.4 is 5.32 Å². The van der Waals surface area contributed by atoms with E-state index in [1.165, 1.54) is 13.2 Å². The lowest BCUT2D eigenvalue weighted by atomic mass is 10.1. The number of nitrogens with one attached hydrogen (secondary N) is 1. The number of methoxy groups -OCH3 is 1. The van der Waals surface area contributed by atoms with Crippen molar-refractivity contribution in [1.82, 2.24) is 14.9 Å².